The number of nitrogens with one attached hydrogen (secondary N) is 2. The number of aromatic nitrogens is 3. The van der Waals surface area contributed by atoms with Crippen molar-refractivity contribution in [3.63, 3.8) is 0 Å². The van der Waals surface area contributed by atoms with Gasteiger partial charge >= 0.3 is 0 Å². The highest BCUT2D eigenvalue weighted by molar-refractivity contribution is 8.02. The molecule has 4 aromatic rings. The number of nitrogens with zero attached hydrogens (tertiary/aromatic N) is 3. The molecule has 0 saturated heterocycles. The van der Waals surface area contributed by atoms with Gasteiger partial charge in [-0.2, -0.15) is 0 Å². The van der Waals surface area contributed by atoms with Crippen LogP contribution in [-0.2, 0) is 0 Å². The Morgan fingerprint density at radius 3 is 2.76 bits per heavy atom. The summed E-state index contributed by atoms with van der Waals surface area (Å²) in [6.45, 7) is 0. The first-order chi connectivity index (χ1) is 16.7. The number of hydrogen-bond donors (Lipinski definition) is 2. The van der Waals surface area contributed by atoms with Gasteiger partial charge in [0.15, 0.2) is 11.6 Å². The second-order valence-electron chi connectivity index (χ2n) is 8.00. The zero-order valence-electron chi connectivity index (χ0n) is 18.4. The smallest absolute Gasteiger partial charge is 0.223 e. The lowest BCUT2D eigenvalue weighted by molar-refractivity contribution is 0.443. The van der Waals surface area contributed by atoms with Crippen LogP contribution in [0.15, 0.2) is 70.6 Å². The molecule has 0 radical (unpaired) electrons. The Hall–Kier alpha value is -3.17. The van der Waals surface area contributed by atoms with Gasteiger partial charge in [-0.05, 0) is 60.5 Å². The molecule has 174 valence electrons. The summed E-state index contributed by atoms with van der Waals surface area (Å²) in [5.41, 5.74) is 2.00. The van der Waals surface area contributed by atoms with E-state index in [9.17, 15) is 4.39 Å². The lowest BCUT2D eigenvalue weighted by Gasteiger charge is -2.22. The van der Waals surface area contributed by atoms with Crippen molar-refractivity contribution < 1.29 is 9.13 Å². The number of benzene rings is 1. The summed E-state index contributed by atoms with van der Waals surface area (Å²) in [7, 11) is 0. The summed E-state index contributed by atoms with van der Waals surface area (Å²) >= 11 is 3.07. The third-order valence-corrected chi connectivity index (χ3v) is 7.44. The van der Waals surface area contributed by atoms with E-state index in [1.807, 2.05) is 17.5 Å². The van der Waals surface area contributed by atoms with Crippen LogP contribution in [0.2, 0.25) is 0 Å². The molecule has 0 spiro atoms. The summed E-state index contributed by atoms with van der Waals surface area (Å²) < 4.78 is 25.1. The average molecular weight is 494 g/mol. The highest BCUT2D eigenvalue weighted by Gasteiger charge is 2.16. The largest absolute Gasteiger partial charge is 0.453 e. The molecule has 34 heavy (non-hydrogen) atoms. The van der Waals surface area contributed by atoms with E-state index in [4.69, 9.17) is 4.74 Å². The molecule has 9 heteroatoms. The van der Waals surface area contributed by atoms with Gasteiger partial charge in [0.25, 0.3) is 0 Å². The minimum Gasteiger partial charge on any atom is -0.453 e. The molecule has 0 amide bonds. The van der Waals surface area contributed by atoms with Crippen molar-refractivity contribution in [2.24, 2.45) is 0 Å². The molecule has 6 nitrogen and oxygen atoms in total. The normalized spacial score (nSPS) is 14.0. The fourth-order valence-electron chi connectivity index (χ4n) is 3.87. The third kappa shape index (κ3) is 5.66. The van der Waals surface area contributed by atoms with Crippen LogP contribution in [0.4, 0.5) is 16.0 Å². The average Bonchev–Trinajstić information content (AvgIpc) is 3.39. The Balaban J connectivity index is 1.32. The van der Waals surface area contributed by atoms with E-state index in [0.29, 0.717) is 34.7 Å². The van der Waals surface area contributed by atoms with E-state index in [0.717, 1.165) is 17.1 Å². The van der Waals surface area contributed by atoms with Crippen LogP contribution in [0.25, 0.3) is 11.3 Å². The molecule has 0 unspecified atom stereocenters. The Morgan fingerprint density at radius 1 is 1.03 bits per heavy atom. The molecule has 2 N–H and O–H groups in total. The van der Waals surface area contributed by atoms with Gasteiger partial charge in [-0.1, -0.05) is 25.3 Å². The van der Waals surface area contributed by atoms with E-state index in [2.05, 4.69) is 25.0 Å². The number of pyridine rings is 1. The van der Waals surface area contributed by atoms with Gasteiger partial charge in [-0.3, -0.25) is 4.98 Å². The lowest BCUT2D eigenvalue weighted by Crippen LogP contribution is -2.23. The Bertz CT molecular complexity index is 1230. The second kappa shape index (κ2) is 10.8. The van der Waals surface area contributed by atoms with Crippen molar-refractivity contribution >= 4 is 34.9 Å². The van der Waals surface area contributed by atoms with Gasteiger partial charge in [0.05, 0.1) is 15.5 Å². The summed E-state index contributed by atoms with van der Waals surface area (Å²) in [4.78, 5) is 13.3. The first-order valence-electron chi connectivity index (χ1n) is 11.2. The molecule has 1 aromatic carbocycles. The minimum atomic E-state index is -0.457. The maximum atomic E-state index is 14.8. The molecule has 1 saturated carbocycles. The zero-order chi connectivity index (χ0) is 23.2. The van der Waals surface area contributed by atoms with E-state index >= 15 is 0 Å². The predicted molar refractivity (Wildman–Crippen MR) is 136 cm³/mol. The standard InChI is InChI=1S/C25H24FN5OS2/c26-20-15-18(31-34-24-7-4-14-33-24)8-9-23(20)32-22-11-12-27-16-19(22)21-10-13-28-25(30-21)29-17-5-2-1-3-6-17/h4,7-17,31H,1-3,5-6H2,(H,28,29,30). The molecule has 1 aliphatic rings. The summed E-state index contributed by atoms with van der Waals surface area (Å²) in [5, 5.41) is 5.45. The number of thiophene rings is 1. The van der Waals surface area contributed by atoms with Gasteiger partial charge in [-0.25, -0.2) is 14.4 Å². The minimum absolute atomic E-state index is 0.133. The quantitative estimate of drug-likeness (QED) is 0.248. The first-order valence-corrected chi connectivity index (χ1v) is 12.9. The molecule has 1 aliphatic carbocycles. The van der Waals surface area contributed by atoms with Crippen LogP contribution in [0.1, 0.15) is 32.1 Å². The number of ether oxygens (including phenoxy) is 1. The topological polar surface area (TPSA) is 72.0 Å². The first kappa shape index (κ1) is 22.6. The highest BCUT2D eigenvalue weighted by Crippen LogP contribution is 2.34. The van der Waals surface area contributed by atoms with Crippen LogP contribution >= 0.6 is 23.3 Å². The van der Waals surface area contributed by atoms with E-state index < -0.39 is 5.82 Å². The van der Waals surface area contributed by atoms with Gasteiger partial charge in [0, 0.05) is 36.4 Å². The fourth-order valence-corrected chi connectivity index (χ4v) is 5.29. The lowest BCUT2D eigenvalue weighted by atomic mass is 9.96. The van der Waals surface area contributed by atoms with Crippen LogP contribution in [0, 0.1) is 5.82 Å². The highest BCUT2D eigenvalue weighted by atomic mass is 32.2. The van der Waals surface area contributed by atoms with E-state index in [1.54, 1.807) is 54.2 Å². The number of hydrogen-bond acceptors (Lipinski definition) is 8. The van der Waals surface area contributed by atoms with Crippen molar-refractivity contribution in [1.29, 1.82) is 0 Å². The molecule has 3 heterocycles. The zero-order valence-corrected chi connectivity index (χ0v) is 20.0. The van der Waals surface area contributed by atoms with Gasteiger partial charge in [0.2, 0.25) is 5.95 Å². The van der Waals surface area contributed by atoms with Crippen LogP contribution < -0.4 is 14.8 Å². The Labute approximate surface area is 206 Å². The van der Waals surface area contributed by atoms with Crippen molar-refractivity contribution in [1.82, 2.24) is 15.0 Å². The van der Waals surface area contributed by atoms with Crippen molar-refractivity contribution in [2.45, 2.75) is 42.4 Å². The third-order valence-electron chi connectivity index (χ3n) is 5.57. The maximum absolute atomic E-state index is 14.8. The monoisotopic (exact) mass is 493 g/mol. The molecular formula is C25H24FN5OS2. The Morgan fingerprint density at radius 2 is 1.94 bits per heavy atom. The maximum Gasteiger partial charge on any atom is 0.223 e. The Kier molecular flexibility index (Phi) is 7.21. The van der Waals surface area contributed by atoms with Crippen molar-refractivity contribution in [3.05, 3.63) is 72.3 Å². The molecule has 3 aromatic heterocycles. The van der Waals surface area contributed by atoms with Crippen LogP contribution in [-0.4, -0.2) is 21.0 Å². The van der Waals surface area contributed by atoms with Crippen LogP contribution in [0.3, 0.4) is 0 Å². The van der Waals surface area contributed by atoms with Crippen molar-refractivity contribution in [3.8, 4) is 22.8 Å². The molecule has 1 fully saturated rings. The number of anilines is 2. The van der Waals surface area contributed by atoms with Crippen molar-refractivity contribution in [2.75, 3.05) is 10.0 Å². The number of halogens is 1. The summed E-state index contributed by atoms with van der Waals surface area (Å²) in [6.07, 6.45) is 11.0. The second-order valence-corrected chi connectivity index (χ2v) is 10.1. The SMILES string of the molecule is Fc1cc(NSc2cccs2)ccc1Oc1ccncc1-c1ccnc(NC2CCCCC2)n1. The van der Waals surface area contributed by atoms with E-state index in [1.165, 1.54) is 37.3 Å². The van der Waals surface area contributed by atoms with Gasteiger partial charge < -0.3 is 14.8 Å². The van der Waals surface area contributed by atoms with Gasteiger partial charge in [-0.15, -0.1) is 11.3 Å². The molecule has 0 atom stereocenters. The molecule has 5 rings (SSSR count). The molecule has 0 bridgehead atoms. The predicted octanol–water partition coefficient (Wildman–Crippen LogP) is 7.40. The van der Waals surface area contributed by atoms with E-state index in [-0.39, 0.29) is 5.75 Å². The van der Waals surface area contributed by atoms with Crippen LogP contribution in [0.5, 0.6) is 11.5 Å². The molecule has 0 aliphatic heterocycles. The van der Waals surface area contributed by atoms with Gasteiger partial charge in [0.1, 0.15) is 5.75 Å². The summed E-state index contributed by atoms with van der Waals surface area (Å²) in [5.74, 6) is 0.740. The fraction of sp³-hybridized carbons (Fsp3) is 0.240. The molecular weight excluding hydrogens is 469 g/mol. The summed E-state index contributed by atoms with van der Waals surface area (Å²) in [6, 6.07) is 12.7. The number of rotatable bonds is 8.